The van der Waals surface area contributed by atoms with Crippen LogP contribution in [0.15, 0.2) is 18.2 Å². The molecular formula is C12H14N2O2. The van der Waals surface area contributed by atoms with E-state index < -0.39 is 0 Å². The van der Waals surface area contributed by atoms with Crippen LogP contribution in [0.5, 0.6) is 11.5 Å². The molecule has 0 bridgehead atoms. The van der Waals surface area contributed by atoms with Gasteiger partial charge in [0.25, 0.3) is 0 Å². The highest BCUT2D eigenvalue weighted by Crippen LogP contribution is 2.37. The summed E-state index contributed by atoms with van der Waals surface area (Å²) in [6.45, 7) is 3.87. The van der Waals surface area contributed by atoms with Gasteiger partial charge in [0.15, 0.2) is 11.5 Å². The van der Waals surface area contributed by atoms with Crippen LogP contribution >= 0.6 is 0 Å². The maximum Gasteiger partial charge on any atom is 0.231 e. The van der Waals surface area contributed by atoms with Gasteiger partial charge in [-0.2, -0.15) is 0 Å². The summed E-state index contributed by atoms with van der Waals surface area (Å²) in [6.07, 6.45) is 0. The molecule has 1 aliphatic heterocycles. The molecule has 4 heteroatoms. The first-order valence-corrected chi connectivity index (χ1v) is 5.39. The standard InChI is InChI=1S/C12H14N2O2/c1-8-4-9-5-11-12(16-7-15-11)6-10(9)14(8)3-2-13/h4-6H,2-3,7,13H2,1H3. The molecule has 4 nitrogen and oxygen atoms in total. The first kappa shape index (κ1) is 9.54. The van der Waals surface area contributed by atoms with Gasteiger partial charge in [-0.25, -0.2) is 0 Å². The number of nitrogens with two attached hydrogens (primary N) is 1. The fourth-order valence-electron chi connectivity index (χ4n) is 2.22. The smallest absolute Gasteiger partial charge is 0.231 e. The Bertz CT molecular complexity index is 545. The van der Waals surface area contributed by atoms with Gasteiger partial charge < -0.3 is 19.8 Å². The molecule has 2 heterocycles. The molecule has 0 fully saturated rings. The van der Waals surface area contributed by atoms with Crippen LogP contribution in [-0.4, -0.2) is 17.9 Å². The van der Waals surface area contributed by atoms with Gasteiger partial charge in [0.1, 0.15) is 0 Å². The van der Waals surface area contributed by atoms with Crippen LogP contribution in [0.2, 0.25) is 0 Å². The predicted octanol–water partition coefficient (Wildman–Crippen LogP) is 1.64. The zero-order valence-electron chi connectivity index (χ0n) is 9.19. The van der Waals surface area contributed by atoms with Gasteiger partial charge in [-0.15, -0.1) is 0 Å². The summed E-state index contributed by atoms with van der Waals surface area (Å²) in [6, 6.07) is 6.20. The van der Waals surface area contributed by atoms with Crippen LogP contribution in [0, 0.1) is 6.92 Å². The molecule has 1 aromatic carbocycles. The summed E-state index contributed by atoms with van der Waals surface area (Å²) < 4.78 is 12.9. The molecular weight excluding hydrogens is 204 g/mol. The minimum Gasteiger partial charge on any atom is -0.454 e. The molecule has 2 aromatic rings. The molecule has 0 saturated carbocycles. The summed E-state index contributed by atoms with van der Waals surface area (Å²) in [7, 11) is 0. The van der Waals surface area contributed by atoms with E-state index in [-0.39, 0.29) is 0 Å². The molecule has 2 N–H and O–H groups in total. The summed E-state index contributed by atoms with van der Waals surface area (Å²) in [5.41, 5.74) is 7.99. The van der Waals surface area contributed by atoms with Crippen LogP contribution in [0.1, 0.15) is 5.69 Å². The molecule has 0 saturated heterocycles. The normalized spacial score (nSPS) is 13.6. The van der Waals surface area contributed by atoms with E-state index in [0.29, 0.717) is 13.3 Å². The number of ether oxygens (including phenoxy) is 2. The van der Waals surface area contributed by atoms with Crippen molar-refractivity contribution >= 4 is 10.9 Å². The average Bonchev–Trinajstić information content (AvgIpc) is 2.81. The van der Waals surface area contributed by atoms with E-state index in [4.69, 9.17) is 15.2 Å². The Morgan fingerprint density at radius 1 is 1.25 bits per heavy atom. The number of benzene rings is 1. The Morgan fingerprint density at radius 2 is 2.00 bits per heavy atom. The van der Waals surface area contributed by atoms with Crippen LogP contribution in [0.3, 0.4) is 0 Å². The monoisotopic (exact) mass is 218 g/mol. The fraction of sp³-hybridized carbons (Fsp3) is 0.333. The maximum atomic E-state index is 5.62. The topological polar surface area (TPSA) is 49.4 Å². The molecule has 0 unspecified atom stereocenters. The summed E-state index contributed by atoms with van der Waals surface area (Å²) in [4.78, 5) is 0. The third-order valence-electron chi connectivity index (χ3n) is 2.96. The van der Waals surface area contributed by atoms with Crippen LogP contribution < -0.4 is 15.2 Å². The van der Waals surface area contributed by atoms with Crippen molar-refractivity contribution in [2.75, 3.05) is 13.3 Å². The second-order valence-electron chi connectivity index (χ2n) is 3.99. The van der Waals surface area contributed by atoms with E-state index in [2.05, 4.69) is 17.6 Å². The molecule has 0 spiro atoms. The average molecular weight is 218 g/mol. The van der Waals surface area contributed by atoms with Crippen molar-refractivity contribution in [1.29, 1.82) is 0 Å². The SMILES string of the molecule is Cc1cc2cc3c(cc2n1CCN)OCO3. The van der Waals surface area contributed by atoms with Crippen LogP contribution in [0.4, 0.5) is 0 Å². The summed E-state index contributed by atoms with van der Waals surface area (Å²) in [5.74, 6) is 1.65. The van der Waals surface area contributed by atoms with E-state index in [1.807, 2.05) is 12.1 Å². The maximum absolute atomic E-state index is 5.62. The molecule has 1 aliphatic rings. The van der Waals surface area contributed by atoms with Gasteiger partial charge in [-0.1, -0.05) is 0 Å². The number of hydrogen-bond acceptors (Lipinski definition) is 3. The highest BCUT2D eigenvalue weighted by atomic mass is 16.7. The van der Waals surface area contributed by atoms with Gasteiger partial charge in [0.2, 0.25) is 6.79 Å². The van der Waals surface area contributed by atoms with Gasteiger partial charge in [0.05, 0.1) is 5.52 Å². The number of aromatic nitrogens is 1. The van der Waals surface area contributed by atoms with Crippen molar-refractivity contribution in [1.82, 2.24) is 4.57 Å². The van der Waals surface area contributed by atoms with Gasteiger partial charge >= 0.3 is 0 Å². The van der Waals surface area contributed by atoms with Crippen molar-refractivity contribution in [3.8, 4) is 11.5 Å². The lowest BCUT2D eigenvalue weighted by Crippen LogP contribution is -2.10. The Balaban J connectivity index is 2.23. The Labute approximate surface area is 93.6 Å². The molecule has 84 valence electrons. The minimum atomic E-state index is 0.317. The van der Waals surface area contributed by atoms with Crippen molar-refractivity contribution in [3.63, 3.8) is 0 Å². The third-order valence-corrected chi connectivity index (χ3v) is 2.96. The van der Waals surface area contributed by atoms with Crippen molar-refractivity contribution in [3.05, 3.63) is 23.9 Å². The lowest BCUT2D eigenvalue weighted by atomic mass is 10.2. The lowest BCUT2D eigenvalue weighted by molar-refractivity contribution is 0.174. The highest BCUT2D eigenvalue weighted by molar-refractivity contribution is 5.85. The van der Waals surface area contributed by atoms with E-state index in [9.17, 15) is 0 Å². The molecule has 16 heavy (non-hydrogen) atoms. The van der Waals surface area contributed by atoms with E-state index in [1.165, 1.54) is 11.1 Å². The van der Waals surface area contributed by atoms with Gasteiger partial charge in [0, 0.05) is 30.2 Å². The number of rotatable bonds is 2. The first-order chi connectivity index (χ1) is 7.79. The number of nitrogens with zero attached hydrogens (tertiary/aromatic N) is 1. The highest BCUT2D eigenvalue weighted by Gasteiger charge is 2.16. The number of aryl methyl sites for hydroxylation is 1. The van der Waals surface area contributed by atoms with Crippen LogP contribution in [0.25, 0.3) is 10.9 Å². The third kappa shape index (κ3) is 1.27. The van der Waals surface area contributed by atoms with Gasteiger partial charge in [-0.3, -0.25) is 0 Å². The van der Waals surface area contributed by atoms with Crippen LogP contribution in [-0.2, 0) is 6.54 Å². The number of hydrogen-bond donors (Lipinski definition) is 1. The zero-order valence-corrected chi connectivity index (χ0v) is 9.19. The number of fused-ring (bicyclic) bond motifs is 2. The minimum absolute atomic E-state index is 0.317. The molecule has 0 aliphatic carbocycles. The summed E-state index contributed by atoms with van der Waals surface area (Å²) in [5, 5.41) is 1.18. The van der Waals surface area contributed by atoms with E-state index in [0.717, 1.165) is 23.6 Å². The second kappa shape index (κ2) is 3.42. The Hall–Kier alpha value is -1.68. The summed E-state index contributed by atoms with van der Waals surface area (Å²) >= 11 is 0. The molecule has 0 atom stereocenters. The Morgan fingerprint density at radius 3 is 2.75 bits per heavy atom. The van der Waals surface area contributed by atoms with E-state index >= 15 is 0 Å². The largest absolute Gasteiger partial charge is 0.454 e. The lowest BCUT2D eigenvalue weighted by Gasteiger charge is -2.06. The van der Waals surface area contributed by atoms with Gasteiger partial charge in [-0.05, 0) is 19.1 Å². The van der Waals surface area contributed by atoms with Crippen molar-refractivity contribution in [2.24, 2.45) is 5.73 Å². The molecule has 0 amide bonds. The second-order valence-corrected chi connectivity index (χ2v) is 3.99. The van der Waals surface area contributed by atoms with Crippen molar-refractivity contribution < 1.29 is 9.47 Å². The fourth-order valence-corrected chi connectivity index (χ4v) is 2.22. The predicted molar refractivity (Wildman–Crippen MR) is 61.9 cm³/mol. The zero-order chi connectivity index (χ0) is 11.1. The first-order valence-electron chi connectivity index (χ1n) is 5.39. The van der Waals surface area contributed by atoms with Crippen molar-refractivity contribution in [2.45, 2.75) is 13.5 Å². The molecule has 3 rings (SSSR count). The quantitative estimate of drug-likeness (QED) is 0.833. The molecule has 0 radical (unpaired) electrons. The molecule has 1 aromatic heterocycles. The Kier molecular flexibility index (Phi) is 2.04. The van der Waals surface area contributed by atoms with E-state index in [1.54, 1.807) is 0 Å².